The molecular formula is C22H25ClIN5O. The normalized spacial score (nSPS) is 14.0. The number of nitrogens with one attached hydrogen (secondary N) is 1. The van der Waals surface area contributed by atoms with Gasteiger partial charge in [0.25, 0.3) is 0 Å². The van der Waals surface area contributed by atoms with Crippen molar-refractivity contribution in [2.45, 2.75) is 13.0 Å². The van der Waals surface area contributed by atoms with Crippen LogP contribution in [0, 0.1) is 11.3 Å². The molecule has 1 N–H and O–H groups in total. The standard InChI is InChI=1S/C22H24ClN5O.HI/c1-25-22(26-16-18-7-5-17(15-24)6-8-18)28-11-9-27(10-12-28)21(29)14-19-3-2-4-20(23)13-19;/h2-8,13H,9-12,14,16H2,1H3,(H,25,26);1H. The van der Waals surface area contributed by atoms with E-state index >= 15 is 0 Å². The van der Waals surface area contributed by atoms with Crippen molar-refractivity contribution >= 4 is 47.4 Å². The van der Waals surface area contributed by atoms with E-state index in [1.54, 1.807) is 7.05 Å². The van der Waals surface area contributed by atoms with Gasteiger partial charge in [-0.2, -0.15) is 5.26 Å². The second kappa shape index (κ2) is 11.8. The zero-order valence-corrected chi connectivity index (χ0v) is 19.9. The summed E-state index contributed by atoms with van der Waals surface area (Å²) >= 11 is 6.01. The Labute approximate surface area is 199 Å². The maximum atomic E-state index is 12.6. The highest BCUT2D eigenvalue weighted by Crippen LogP contribution is 2.13. The number of benzene rings is 2. The first-order chi connectivity index (χ1) is 14.1. The molecule has 3 rings (SSSR count). The molecule has 0 atom stereocenters. The van der Waals surface area contributed by atoms with Gasteiger partial charge in [-0.05, 0) is 35.4 Å². The maximum Gasteiger partial charge on any atom is 0.227 e. The van der Waals surface area contributed by atoms with Crippen LogP contribution in [0.1, 0.15) is 16.7 Å². The Bertz CT molecular complexity index is 918. The number of aliphatic imine (C=N–C) groups is 1. The minimum Gasteiger partial charge on any atom is -0.352 e. The van der Waals surface area contributed by atoms with Crippen molar-refractivity contribution in [3.8, 4) is 6.07 Å². The van der Waals surface area contributed by atoms with Crippen LogP contribution in [0.3, 0.4) is 0 Å². The van der Waals surface area contributed by atoms with Crippen LogP contribution in [0.15, 0.2) is 53.5 Å². The second-order valence-electron chi connectivity index (χ2n) is 6.88. The Morgan fingerprint density at radius 3 is 2.37 bits per heavy atom. The van der Waals surface area contributed by atoms with Gasteiger partial charge in [0.1, 0.15) is 0 Å². The summed E-state index contributed by atoms with van der Waals surface area (Å²) < 4.78 is 0. The highest BCUT2D eigenvalue weighted by Gasteiger charge is 2.23. The van der Waals surface area contributed by atoms with E-state index in [9.17, 15) is 4.79 Å². The number of guanidine groups is 1. The number of hydrogen-bond acceptors (Lipinski definition) is 3. The minimum absolute atomic E-state index is 0. The fourth-order valence-corrected chi connectivity index (χ4v) is 3.52. The van der Waals surface area contributed by atoms with Crippen molar-refractivity contribution in [3.05, 3.63) is 70.2 Å². The number of amides is 1. The van der Waals surface area contributed by atoms with Crippen molar-refractivity contribution < 1.29 is 4.79 Å². The fraction of sp³-hybridized carbons (Fsp3) is 0.318. The molecule has 1 saturated heterocycles. The number of rotatable bonds is 4. The van der Waals surface area contributed by atoms with Crippen LogP contribution in [0.25, 0.3) is 0 Å². The molecule has 158 valence electrons. The third kappa shape index (κ3) is 6.61. The Hall–Kier alpha value is -2.31. The molecule has 1 aliphatic rings. The molecule has 0 unspecified atom stereocenters. The van der Waals surface area contributed by atoms with E-state index < -0.39 is 0 Å². The van der Waals surface area contributed by atoms with Crippen LogP contribution in [0.2, 0.25) is 5.02 Å². The van der Waals surface area contributed by atoms with Gasteiger partial charge in [0.15, 0.2) is 5.96 Å². The lowest BCUT2D eigenvalue weighted by Crippen LogP contribution is -2.53. The molecule has 1 fully saturated rings. The average Bonchev–Trinajstić information content (AvgIpc) is 2.75. The molecule has 0 aromatic heterocycles. The van der Waals surface area contributed by atoms with Crippen molar-refractivity contribution in [1.82, 2.24) is 15.1 Å². The first kappa shape index (κ1) is 24.0. The molecule has 1 heterocycles. The van der Waals surface area contributed by atoms with Gasteiger partial charge in [0.05, 0.1) is 18.1 Å². The second-order valence-corrected chi connectivity index (χ2v) is 7.32. The molecule has 0 spiro atoms. The number of nitriles is 1. The third-order valence-electron chi connectivity index (χ3n) is 4.92. The zero-order chi connectivity index (χ0) is 20.6. The summed E-state index contributed by atoms with van der Waals surface area (Å²) in [6.07, 6.45) is 0.367. The summed E-state index contributed by atoms with van der Waals surface area (Å²) in [6, 6.07) is 17.1. The molecule has 2 aromatic rings. The van der Waals surface area contributed by atoms with Gasteiger partial charge in [-0.25, -0.2) is 0 Å². The predicted molar refractivity (Wildman–Crippen MR) is 130 cm³/mol. The van der Waals surface area contributed by atoms with E-state index in [4.69, 9.17) is 16.9 Å². The molecule has 1 aliphatic heterocycles. The Morgan fingerprint density at radius 1 is 1.10 bits per heavy atom. The summed E-state index contributed by atoms with van der Waals surface area (Å²) in [6.45, 7) is 3.42. The molecule has 8 heteroatoms. The van der Waals surface area contributed by atoms with E-state index in [0.29, 0.717) is 36.6 Å². The van der Waals surface area contributed by atoms with Crippen molar-refractivity contribution in [2.75, 3.05) is 33.2 Å². The molecule has 30 heavy (non-hydrogen) atoms. The summed E-state index contributed by atoms with van der Waals surface area (Å²) in [4.78, 5) is 21.0. The number of carbonyl (C=O) groups excluding carboxylic acids is 1. The maximum absolute atomic E-state index is 12.6. The average molecular weight is 538 g/mol. The number of piperazine rings is 1. The van der Waals surface area contributed by atoms with Crippen molar-refractivity contribution in [3.63, 3.8) is 0 Å². The SMILES string of the molecule is CN=C(NCc1ccc(C#N)cc1)N1CCN(C(=O)Cc2cccc(Cl)c2)CC1.I. The van der Waals surface area contributed by atoms with Gasteiger partial charge < -0.3 is 15.1 Å². The van der Waals surface area contributed by atoms with E-state index in [2.05, 4.69) is 21.3 Å². The highest BCUT2D eigenvalue weighted by atomic mass is 127. The zero-order valence-electron chi connectivity index (χ0n) is 16.8. The van der Waals surface area contributed by atoms with Gasteiger partial charge in [0.2, 0.25) is 5.91 Å². The summed E-state index contributed by atoms with van der Waals surface area (Å²) in [5.74, 6) is 0.934. The van der Waals surface area contributed by atoms with E-state index in [1.807, 2.05) is 53.4 Å². The first-order valence-corrected chi connectivity index (χ1v) is 9.93. The van der Waals surface area contributed by atoms with Gasteiger partial charge in [0, 0.05) is 44.8 Å². The largest absolute Gasteiger partial charge is 0.352 e. The number of hydrogen-bond donors (Lipinski definition) is 1. The Morgan fingerprint density at radius 2 is 1.77 bits per heavy atom. The van der Waals surface area contributed by atoms with Crippen molar-refractivity contribution in [1.29, 1.82) is 5.26 Å². The topological polar surface area (TPSA) is 71.7 Å². The molecule has 1 amide bonds. The number of carbonyl (C=O) groups is 1. The quantitative estimate of drug-likeness (QED) is 0.369. The Kier molecular flexibility index (Phi) is 9.40. The monoisotopic (exact) mass is 537 g/mol. The summed E-state index contributed by atoms with van der Waals surface area (Å²) in [7, 11) is 1.76. The van der Waals surface area contributed by atoms with E-state index in [0.717, 1.165) is 30.2 Å². The molecule has 6 nitrogen and oxygen atoms in total. The molecule has 0 radical (unpaired) electrons. The predicted octanol–water partition coefficient (Wildman–Crippen LogP) is 3.29. The fourth-order valence-electron chi connectivity index (χ4n) is 3.31. The summed E-state index contributed by atoms with van der Waals surface area (Å²) in [5, 5.41) is 12.9. The van der Waals surface area contributed by atoms with Crippen LogP contribution in [0.5, 0.6) is 0 Å². The van der Waals surface area contributed by atoms with Crippen LogP contribution < -0.4 is 5.32 Å². The molecule has 0 saturated carbocycles. The van der Waals surface area contributed by atoms with Crippen molar-refractivity contribution in [2.24, 2.45) is 4.99 Å². The number of nitrogens with zero attached hydrogens (tertiary/aromatic N) is 4. The van der Waals surface area contributed by atoms with Crippen LogP contribution >= 0.6 is 35.6 Å². The van der Waals surface area contributed by atoms with Gasteiger partial charge >= 0.3 is 0 Å². The van der Waals surface area contributed by atoms with E-state index in [1.165, 1.54) is 0 Å². The minimum atomic E-state index is 0. The number of halogens is 2. The molecular weight excluding hydrogens is 513 g/mol. The van der Waals surface area contributed by atoms with Gasteiger partial charge in [-0.1, -0.05) is 35.9 Å². The third-order valence-corrected chi connectivity index (χ3v) is 5.16. The first-order valence-electron chi connectivity index (χ1n) is 9.56. The molecule has 0 aliphatic carbocycles. The highest BCUT2D eigenvalue weighted by molar-refractivity contribution is 14.0. The van der Waals surface area contributed by atoms with Gasteiger partial charge in [-0.15, -0.1) is 24.0 Å². The van der Waals surface area contributed by atoms with E-state index in [-0.39, 0.29) is 29.9 Å². The smallest absolute Gasteiger partial charge is 0.227 e. The Balaban J connectivity index is 0.00000320. The van der Waals surface area contributed by atoms with Crippen LogP contribution in [-0.4, -0.2) is 54.9 Å². The lowest BCUT2D eigenvalue weighted by molar-refractivity contribution is -0.131. The molecule has 2 aromatic carbocycles. The summed E-state index contributed by atoms with van der Waals surface area (Å²) in [5.41, 5.74) is 2.67. The lowest BCUT2D eigenvalue weighted by Gasteiger charge is -2.36. The lowest BCUT2D eigenvalue weighted by atomic mass is 10.1. The van der Waals surface area contributed by atoms with Gasteiger partial charge in [-0.3, -0.25) is 9.79 Å². The van der Waals surface area contributed by atoms with Crippen LogP contribution in [0.4, 0.5) is 0 Å². The van der Waals surface area contributed by atoms with Crippen LogP contribution in [-0.2, 0) is 17.8 Å². The molecule has 0 bridgehead atoms.